The van der Waals surface area contributed by atoms with E-state index in [1.165, 1.54) is 7.11 Å². The molecular formula is C20H29N3O6S. The van der Waals surface area contributed by atoms with Crippen molar-refractivity contribution in [2.24, 2.45) is 0 Å². The number of ether oxygens (including phenoxy) is 3. The molecule has 2 amide bonds. The van der Waals surface area contributed by atoms with Gasteiger partial charge in [-0.2, -0.15) is 0 Å². The molecule has 0 aliphatic carbocycles. The molecule has 0 aromatic heterocycles. The maximum absolute atomic E-state index is 12.0. The number of hydrogen-bond donors (Lipinski definition) is 3. The van der Waals surface area contributed by atoms with Crippen LogP contribution in [0.1, 0.15) is 43.7 Å². The topological polar surface area (TPSA) is 115 Å². The van der Waals surface area contributed by atoms with Crippen LogP contribution in [0.15, 0.2) is 18.2 Å². The molecule has 1 rings (SSSR count). The summed E-state index contributed by atoms with van der Waals surface area (Å²) < 4.78 is 15.2. The highest BCUT2D eigenvalue weighted by Crippen LogP contribution is 2.27. The van der Waals surface area contributed by atoms with Crippen molar-refractivity contribution >= 4 is 35.1 Å². The summed E-state index contributed by atoms with van der Waals surface area (Å²) in [4.78, 5) is 35.2. The normalized spacial score (nSPS) is 10.3. The average molecular weight is 440 g/mol. The zero-order valence-corrected chi connectivity index (χ0v) is 18.5. The summed E-state index contributed by atoms with van der Waals surface area (Å²) >= 11 is 4.93. The molecule has 3 N–H and O–H groups in total. The van der Waals surface area contributed by atoms with Gasteiger partial charge in [-0.3, -0.25) is 25.2 Å². The third kappa shape index (κ3) is 10.2. The van der Waals surface area contributed by atoms with E-state index in [4.69, 9.17) is 26.4 Å². The summed E-state index contributed by atoms with van der Waals surface area (Å²) in [6.45, 7) is 6.22. The van der Waals surface area contributed by atoms with Crippen molar-refractivity contribution in [1.82, 2.24) is 16.2 Å². The van der Waals surface area contributed by atoms with Gasteiger partial charge in [-0.05, 0) is 42.3 Å². The first-order valence-corrected chi connectivity index (χ1v) is 9.90. The van der Waals surface area contributed by atoms with Gasteiger partial charge < -0.3 is 19.5 Å². The summed E-state index contributed by atoms with van der Waals surface area (Å²) in [5.41, 5.74) is 6.79. The van der Waals surface area contributed by atoms with E-state index >= 15 is 0 Å². The van der Waals surface area contributed by atoms with Gasteiger partial charge in [-0.15, -0.1) is 0 Å². The lowest BCUT2D eigenvalue weighted by atomic mass is 10.0. The van der Waals surface area contributed by atoms with Crippen molar-refractivity contribution in [3.05, 3.63) is 29.3 Å². The fourth-order valence-electron chi connectivity index (χ4n) is 2.30. The first-order chi connectivity index (χ1) is 14.2. The molecule has 0 aliphatic rings. The van der Waals surface area contributed by atoms with Crippen LogP contribution in [-0.2, 0) is 23.9 Å². The molecule has 0 radical (unpaired) electrons. The van der Waals surface area contributed by atoms with Crippen LogP contribution in [0.3, 0.4) is 0 Å². The number of esters is 1. The fraction of sp³-hybridized carbons (Fsp3) is 0.500. The van der Waals surface area contributed by atoms with Crippen molar-refractivity contribution in [3.8, 4) is 5.75 Å². The Labute approximate surface area is 181 Å². The molecule has 0 atom stereocenters. The monoisotopic (exact) mass is 439 g/mol. The Kier molecular flexibility index (Phi) is 11.4. The van der Waals surface area contributed by atoms with Crippen molar-refractivity contribution < 1.29 is 28.6 Å². The summed E-state index contributed by atoms with van der Waals surface area (Å²) in [6.07, 6.45) is -0.191. The van der Waals surface area contributed by atoms with Crippen LogP contribution in [0.25, 0.3) is 0 Å². The van der Waals surface area contributed by atoms with E-state index in [2.05, 4.69) is 16.2 Å². The number of hydrogen-bond acceptors (Lipinski definition) is 7. The highest BCUT2D eigenvalue weighted by atomic mass is 32.1. The lowest BCUT2D eigenvalue weighted by Crippen LogP contribution is -2.49. The number of rotatable bonds is 10. The van der Waals surface area contributed by atoms with Gasteiger partial charge in [0.05, 0.1) is 13.0 Å². The van der Waals surface area contributed by atoms with E-state index in [9.17, 15) is 14.4 Å². The van der Waals surface area contributed by atoms with Crippen LogP contribution >= 0.6 is 12.2 Å². The number of benzene rings is 1. The smallest absolute Gasteiger partial charge is 0.306 e. The Bertz CT molecular complexity index is 754. The Morgan fingerprint density at radius 1 is 1.07 bits per heavy atom. The second-order valence-electron chi connectivity index (χ2n) is 6.75. The number of thiocarbonyl (C=S) groups is 1. The molecule has 9 nitrogen and oxygen atoms in total. The van der Waals surface area contributed by atoms with Gasteiger partial charge in [-0.1, -0.05) is 26.0 Å². The number of hydrazine groups is 1. The first kappa shape index (κ1) is 25.3. The van der Waals surface area contributed by atoms with Crippen LogP contribution in [0, 0.1) is 6.92 Å². The van der Waals surface area contributed by atoms with E-state index < -0.39 is 17.8 Å². The second kappa shape index (κ2) is 13.5. The Morgan fingerprint density at radius 2 is 1.80 bits per heavy atom. The summed E-state index contributed by atoms with van der Waals surface area (Å²) in [5.74, 6) is -0.564. The zero-order valence-electron chi connectivity index (χ0n) is 17.7. The zero-order chi connectivity index (χ0) is 22.5. The molecule has 0 bridgehead atoms. The van der Waals surface area contributed by atoms with Gasteiger partial charge in [0, 0.05) is 13.5 Å². The van der Waals surface area contributed by atoms with Crippen molar-refractivity contribution in [1.29, 1.82) is 0 Å². The Balaban J connectivity index is 2.31. The molecule has 0 saturated carbocycles. The van der Waals surface area contributed by atoms with E-state index in [1.54, 1.807) is 0 Å². The third-order valence-electron chi connectivity index (χ3n) is 3.82. The van der Waals surface area contributed by atoms with Crippen LogP contribution < -0.4 is 20.9 Å². The number of carbonyl (C=O) groups excluding carboxylic acids is 3. The standard InChI is InChI=1S/C20H29N3O6S/c1-13(2)15-6-5-14(3)11-16(15)29-12-18(25)22-23-20(30)21-17(24)7-8-19(26)28-10-9-27-4/h5-6,11,13H,7-10,12H2,1-4H3,(H,22,25)(H2,21,23,24,30). The molecule has 0 aliphatic heterocycles. The number of methoxy groups -OCH3 is 1. The minimum atomic E-state index is -0.511. The number of nitrogens with one attached hydrogen (secondary N) is 3. The summed E-state index contributed by atoms with van der Waals surface area (Å²) in [6, 6.07) is 5.84. The molecule has 1 aromatic carbocycles. The predicted molar refractivity (Wildman–Crippen MR) is 115 cm³/mol. The average Bonchev–Trinajstić information content (AvgIpc) is 2.69. The van der Waals surface area contributed by atoms with Crippen molar-refractivity contribution in [3.63, 3.8) is 0 Å². The molecule has 0 fully saturated rings. The number of aryl methyl sites for hydroxylation is 1. The lowest BCUT2D eigenvalue weighted by molar-refractivity contribution is -0.146. The lowest BCUT2D eigenvalue weighted by Gasteiger charge is -2.15. The molecular weight excluding hydrogens is 410 g/mol. The Morgan fingerprint density at radius 3 is 2.47 bits per heavy atom. The number of carbonyl (C=O) groups is 3. The number of amides is 2. The van der Waals surface area contributed by atoms with Gasteiger partial charge in [0.2, 0.25) is 5.91 Å². The van der Waals surface area contributed by atoms with Crippen LogP contribution in [0.2, 0.25) is 0 Å². The van der Waals surface area contributed by atoms with Crippen LogP contribution in [-0.4, -0.2) is 49.8 Å². The molecule has 0 heterocycles. The molecule has 0 saturated heterocycles. The molecule has 10 heteroatoms. The largest absolute Gasteiger partial charge is 0.483 e. The van der Waals surface area contributed by atoms with Gasteiger partial charge in [0.1, 0.15) is 12.4 Å². The molecule has 0 spiro atoms. The van der Waals surface area contributed by atoms with E-state index in [0.717, 1.165) is 11.1 Å². The van der Waals surface area contributed by atoms with Crippen molar-refractivity contribution in [2.45, 2.75) is 39.5 Å². The fourth-order valence-corrected chi connectivity index (χ4v) is 2.46. The van der Waals surface area contributed by atoms with Gasteiger partial charge in [0.15, 0.2) is 11.7 Å². The van der Waals surface area contributed by atoms with E-state index in [1.807, 2.05) is 39.0 Å². The van der Waals surface area contributed by atoms with Gasteiger partial charge in [0.25, 0.3) is 5.91 Å². The van der Waals surface area contributed by atoms with Crippen LogP contribution in [0.5, 0.6) is 5.75 Å². The molecule has 166 valence electrons. The first-order valence-electron chi connectivity index (χ1n) is 9.49. The minimum absolute atomic E-state index is 0.0902. The summed E-state index contributed by atoms with van der Waals surface area (Å²) in [5, 5.41) is 2.26. The highest BCUT2D eigenvalue weighted by molar-refractivity contribution is 7.80. The van der Waals surface area contributed by atoms with Crippen LogP contribution in [0.4, 0.5) is 0 Å². The van der Waals surface area contributed by atoms with Crippen molar-refractivity contribution in [2.75, 3.05) is 26.9 Å². The maximum Gasteiger partial charge on any atom is 0.306 e. The third-order valence-corrected chi connectivity index (χ3v) is 4.03. The Hall–Kier alpha value is -2.72. The molecule has 30 heavy (non-hydrogen) atoms. The molecule has 0 unspecified atom stereocenters. The minimum Gasteiger partial charge on any atom is -0.483 e. The van der Waals surface area contributed by atoms with E-state index in [0.29, 0.717) is 5.75 Å². The quantitative estimate of drug-likeness (QED) is 0.217. The predicted octanol–water partition coefficient (Wildman–Crippen LogP) is 1.49. The summed E-state index contributed by atoms with van der Waals surface area (Å²) in [7, 11) is 1.49. The van der Waals surface area contributed by atoms with E-state index in [-0.39, 0.29) is 43.7 Å². The van der Waals surface area contributed by atoms with Gasteiger partial charge >= 0.3 is 5.97 Å². The second-order valence-corrected chi connectivity index (χ2v) is 7.16. The van der Waals surface area contributed by atoms with Gasteiger partial charge in [-0.25, -0.2) is 0 Å². The maximum atomic E-state index is 12.0. The highest BCUT2D eigenvalue weighted by Gasteiger charge is 2.12. The molecule has 1 aromatic rings. The SMILES string of the molecule is COCCOC(=O)CCC(=O)NC(=S)NNC(=O)COc1cc(C)ccc1C(C)C.